The monoisotopic (exact) mass is 270 g/mol. The van der Waals surface area contributed by atoms with Gasteiger partial charge >= 0.3 is 6.09 Å². The van der Waals surface area contributed by atoms with Crippen LogP contribution in [0.5, 0.6) is 0 Å². The first kappa shape index (κ1) is 15.4. The van der Waals surface area contributed by atoms with Gasteiger partial charge in [0.1, 0.15) is 11.4 Å². The Morgan fingerprint density at radius 1 is 1.42 bits per heavy atom. The van der Waals surface area contributed by atoms with Crippen LogP contribution in [0.4, 0.5) is 14.9 Å². The van der Waals surface area contributed by atoms with E-state index in [9.17, 15) is 9.18 Å². The van der Waals surface area contributed by atoms with Gasteiger partial charge in [0.25, 0.3) is 0 Å². The summed E-state index contributed by atoms with van der Waals surface area (Å²) in [7, 11) is 0. The smallest absolute Gasteiger partial charge is 0.412 e. The van der Waals surface area contributed by atoms with E-state index in [0.29, 0.717) is 17.7 Å². The lowest BCUT2D eigenvalue weighted by Gasteiger charge is -2.19. The molecule has 1 aromatic carbocycles. The maximum Gasteiger partial charge on any atom is 0.412 e. The molecule has 0 spiro atoms. The van der Waals surface area contributed by atoms with Gasteiger partial charge in [-0.05, 0) is 38.5 Å². The fourth-order valence-electron chi connectivity index (χ4n) is 1.42. The average Bonchev–Trinajstić information content (AvgIpc) is 2.25. The second-order valence-corrected chi connectivity index (χ2v) is 5.05. The Hall–Kier alpha value is -1.66. The van der Waals surface area contributed by atoms with Gasteiger partial charge in [-0.2, -0.15) is 0 Å². The zero-order chi connectivity index (χ0) is 14.5. The van der Waals surface area contributed by atoms with E-state index < -0.39 is 17.5 Å². The van der Waals surface area contributed by atoms with E-state index in [2.05, 4.69) is 10.2 Å². The SMILES string of the molecule is CC(C)(C)OC(=O)Nc1ccc(CCON)c(F)c1. The van der Waals surface area contributed by atoms with Crippen molar-refractivity contribution in [3.8, 4) is 0 Å². The molecule has 19 heavy (non-hydrogen) atoms. The number of hydrogen-bond acceptors (Lipinski definition) is 4. The minimum absolute atomic E-state index is 0.232. The number of ether oxygens (including phenoxy) is 1. The highest BCUT2D eigenvalue weighted by Gasteiger charge is 2.16. The number of amides is 1. The van der Waals surface area contributed by atoms with Crippen LogP contribution in [-0.4, -0.2) is 18.3 Å². The van der Waals surface area contributed by atoms with Gasteiger partial charge in [-0.15, -0.1) is 0 Å². The second-order valence-electron chi connectivity index (χ2n) is 5.05. The number of carbonyl (C=O) groups excluding carboxylic acids is 1. The van der Waals surface area contributed by atoms with Crippen molar-refractivity contribution in [3.05, 3.63) is 29.6 Å². The van der Waals surface area contributed by atoms with Crippen molar-refractivity contribution >= 4 is 11.8 Å². The van der Waals surface area contributed by atoms with Crippen LogP contribution < -0.4 is 11.2 Å². The van der Waals surface area contributed by atoms with Crippen molar-refractivity contribution in [2.75, 3.05) is 11.9 Å². The molecule has 5 nitrogen and oxygen atoms in total. The molecule has 0 saturated carbocycles. The topological polar surface area (TPSA) is 73.6 Å². The van der Waals surface area contributed by atoms with Crippen LogP contribution in [0.15, 0.2) is 18.2 Å². The largest absolute Gasteiger partial charge is 0.444 e. The Labute approximate surface area is 111 Å². The summed E-state index contributed by atoms with van der Waals surface area (Å²) in [6, 6.07) is 4.40. The lowest BCUT2D eigenvalue weighted by molar-refractivity contribution is 0.0636. The molecule has 106 valence electrons. The summed E-state index contributed by atoms with van der Waals surface area (Å²) in [4.78, 5) is 15.9. The summed E-state index contributed by atoms with van der Waals surface area (Å²) in [5.41, 5.74) is 0.213. The second kappa shape index (κ2) is 6.49. The first-order valence-electron chi connectivity index (χ1n) is 5.92. The van der Waals surface area contributed by atoms with Gasteiger partial charge in [0.2, 0.25) is 0 Å². The van der Waals surface area contributed by atoms with Gasteiger partial charge in [-0.25, -0.2) is 15.1 Å². The minimum atomic E-state index is -0.620. The minimum Gasteiger partial charge on any atom is -0.444 e. The zero-order valence-corrected chi connectivity index (χ0v) is 11.3. The first-order chi connectivity index (χ1) is 8.81. The van der Waals surface area contributed by atoms with Crippen LogP contribution in [0, 0.1) is 5.82 Å². The Bertz CT molecular complexity index is 444. The van der Waals surface area contributed by atoms with Gasteiger partial charge in [0.05, 0.1) is 6.61 Å². The third-order valence-corrected chi connectivity index (χ3v) is 2.19. The van der Waals surface area contributed by atoms with Gasteiger partial charge in [-0.1, -0.05) is 6.07 Å². The van der Waals surface area contributed by atoms with E-state index in [1.54, 1.807) is 32.9 Å². The van der Waals surface area contributed by atoms with E-state index in [1.165, 1.54) is 6.07 Å². The van der Waals surface area contributed by atoms with Gasteiger partial charge in [0.15, 0.2) is 0 Å². The molecular formula is C13H19FN2O3. The summed E-state index contributed by atoms with van der Waals surface area (Å²) in [6.45, 7) is 5.49. The molecule has 6 heteroatoms. The number of benzene rings is 1. The Morgan fingerprint density at radius 2 is 2.11 bits per heavy atom. The van der Waals surface area contributed by atoms with Crippen molar-refractivity contribution < 1.29 is 18.8 Å². The van der Waals surface area contributed by atoms with Crippen molar-refractivity contribution in [1.29, 1.82) is 0 Å². The van der Waals surface area contributed by atoms with E-state index in [-0.39, 0.29) is 6.61 Å². The molecule has 0 aromatic heterocycles. The molecule has 0 aliphatic rings. The maximum atomic E-state index is 13.7. The van der Waals surface area contributed by atoms with Crippen LogP contribution in [-0.2, 0) is 16.0 Å². The van der Waals surface area contributed by atoms with Gasteiger partial charge in [0, 0.05) is 12.1 Å². The summed E-state index contributed by atoms with van der Waals surface area (Å²) < 4.78 is 18.7. The number of anilines is 1. The Morgan fingerprint density at radius 3 is 2.63 bits per heavy atom. The Kier molecular flexibility index (Phi) is 5.26. The van der Waals surface area contributed by atoms with Gasteiger partial charge < -0.3 is 9.57 Å². The maximum absolute atomic E-state index is 13.7. The molecule has 0 aliphatic heterocycles. The van der Waals surface area contributed by atoms with Crippen LogP contribution in [0.25, 0.3) is 0 Å². The molecule has 0 heterocycles. The molecule has 1 amide bonds. The third kappa shape index (κ3) is 5.67. The molecule has 0 atom stereocenters. The van der Waals surface area contributed by atoms with Crippen LogP contribution in [0.1, 0.15) is 26.3 Å². The van der Waals surface area contributed by atoms with Crippen LogP contribution >= 0.6 is 0 Å². The number of halogens is 1. The summed E-state index contributed by atoms with van der Waals surface area (Å²) in [5.74, 6) is 4.46. The highest BCUT2D eigenvalue weighted by Crippen LogP contribution is 2.16. The van der Waals surface area contributed by atoms with Gasteiger partial charge in [-0.3, -0.25) is 5.32 Å². The number of hydrogen-bond donors (Lipinski definition) is 2. The number of nitrogens with two attached hydrogens (primary N) is 1. The molecule has 0 bridgehead atoms. The molecule has 0 saturated heterocycles. The fourth-order valence-corrected chi connectivity index (χ4v) is 1.42. The van der Waals surface area contributed by atoms with Crippen molar-refractivity contribution in [1.82, 2.24) is 0 Å². The molecule has 0 radical (unpaired) electrons. The highest BCUT2D eigenvalue weighted by molar-refractivity contribution is 5.84. The standard InChI is InChI=1S/C13H19FN2O3/c1-13(2,3)19-12(17)16-10-5-4-9(6-7-18-15)11(14)8-10/h4-5,8H,6-7,15H2,1-3H3,(H,16,17). The number of rotatable bonds is 4. The Balaban J connectivity index is 2.65. The molecule has 0 unspecified atom stereocenters. The quantitative estimate of drug-likeness (QED) is 0.825. The summed E-state index contributed by atoms with van der Waals surface area (Å²) in [5, 5.41) is 2.47. The summed E-state index contributed by atoms with van der Waals surface area (Å²) >= 11 is 0. The third-order valence-electron chi connectivity index (χ3n) is 2.19. The average molecular weight is 270 g/mol. The molecule has 1 rings (SSSR count). The normalized spacial score (nSPS) is 11.2. The van der Waals surface area contributed by atoms with E-state index in [4.69, 9.17) is 10.6 Å². The van der Waals surface area contributed by atoms with Crippen molar-refractivity contribution in [3.63, 3.8) is 0 Å². The van der Waals surface area contributed by atoms with E-state index in [0.717, 1.165) is 0 Å². The van der Waals surface area contributed by atoms with E-state index in [1.807, 2.05) is 0 Å². The lowest BCUT2D eigenvalue weighted by Crippen LogP contribution is -2.27. The van der Waals surface area contributed by atoms with Crippen LogP contribution in [0.3, 0.4) is 0 Å². The molecule has 0 fully saturated rings. The van der Waals surface area contributed by atoms with E-state index >= 15 is 0 Å². The lowest BCUT2D eigenvalue weighted by atomic mass is 10.1. The molecule has 0 aliphatic carbocycles. The number of carbonyl (C=O) groups is 1. The predicted molar refractivity (Wildman–Crippen MR) is 70.1 cm³/mol. The van der Waals surface area contributed by atoms with Crippen molar-refractivity contribution in [2.24, 2.45) is 5.90 Å². The summed E-state index contributed by atoms with van der Waals surface area (Å²) in [6.07, 6.45) is -0.250. The molecular weight excluding hydrogens is 251 g/mol. The molecule has 1 aromatic rings. The van der Waals surface area contributed by atoms with Crippen molar-refractivity contribution in [2.45, 2.75) is 32.8 Å². The fraction of sp³-hybridized carbons (Fsp3) is 0.462. The number of nitrogens with one attached hydrogen (secondary N) is 1. The first-order valence-corrected chi connectivity index (χ1v) is 5.92. The predicted octanol–water partition coefficient (Wildman–Crippen LogP) is 2.61. The highest BCUT2D eigenvalue weighted by atomic mass is 19.1. The zero-order valence-electron chi connectivity index (χ0n) is 11.3. The molecule has 3 N–H and O–H groups in total. The van der Waals surface area contributed by atoms with Crippen LogP contribution in [0.2, 0.25) is 0 Å².